The number of carbonyl (C=O) groups excluding carboxylic acids is 3. The van der Waals surface area contributed by atoms with Crippen LogP contribution in [0.25, 0.3) is 6.08 Å². The molecule has 1 aliphatic rings. The summed E-state index contributed by atoms with van der Waals surface area (Å²) in [5.41, 5.74) is 1.35. The molecule has 1 aliphatic heterocycles. The van der Waals surface area contributed by atoms with E-state index in [2.05, 4.69) is 5.32 Å². The molecule has 2 rings (SSSR count). The van der Waals surface area contributed by atoms with Crippen LogP contribution in [-0.2, 0) is 4.79 Å². The van der Waals surface area contributed by atoms with Crippen LogP contribution in [0.4, 0.5) is 4.79 Å². The third kappa shape index (κ3) is 2.20. The molecule has 0 aromatic heterocycles. The Bertz CT molecular complexity index is 490. The van der Waals surface area contributed by atoms with Crippen molar-refractivity contribution < 1.29 is 14.4 Å². The van der Waals surface area contributed by atoms with Crippen LogP contribution in [-0.4, -0.2) is 17.4 Å². The third-order valence-corrected chi connectivity index (χ3v) is 2.82. The number of hydrogen-bond donors (Lipinski definition) is 1. The van der Waals surface area contributed by atoms with Gasteiger partial charge in [0.1, 0.15) is 6.29 Å². The maximum atomic E-state index is 11.2. The Morgan fingerprint density at radius 3 is 2.19 bits per heavy atom. The molecule has 1 heterocycles. The highest BCUT2D eigenvalue weighted by atomic mass is 32.2. The molecule has 0 radical (unpaired) electrons. The number of rotatable bonds is 2. The largest absolute Gasteiger partial charge is 0.298 e. The van der Waals surface area contributed by atoms with E-state index in [9.17, 15) is 14.4 Å². The van der Waals surface area contributed by atoms with Gasteiger partial charge in [0, 0.05) is 5.56 Å². The molecule has 1 fully saturated rings. The van der Waals surface area contributed by atoms with Gasteiger partial charge in [0.2, 0.25) is 0 Å². The maximum absolute atomic E-state index is 11.2. The molecule has 1 aromatic rings. The minimum atomic E-state index is -0.380. The fourth-order valence-electron chi connectivity index (χ4n) is 1.24. The van der Waals surface area contributed by atoms with Crippen LogP contribution in [0.2, 0.25) is 0 Å². The van der Waals surface area contributed by atoms with E-state index >= 15 is 0 Å². The van der Waals surface area contributed by atoms with Crippen molar-refractivity contribution in [3.8, 4) is 0 Å². The van der Waals surface area contributed by atoms with Gasteiger partial charge in [0.05, 0.1) is 4.91 Å². The van der Waals surface area contributed by atoms with Crippen molar-refractivity contribution in [1.82, 2.24) is 5.32 Å². The van der Waals surface area contributed by atoms with Gasteiger partial charge >= 0.3 is 0 Å². The minimum Gasteiger partial charge on any atom is -0.298 e. The second-order valence-corrected chi connectivity index (χ2v) is 4.15. The standard InChI is InChI=1S/C11H7NO3S/c13-6-8-3-1-7(2-4-8)5-9-10(14)12-11(15)16-9/h1-6H,(H,12,14,15). The van der Waals surface area contributed by atoms with Crippen molar-refractivity contribution in [2.75, 3.05) is 0 Å². The van der Waals surface area contributed by atoms with Crippen molar-refractivity contribution in [1.29, 1.82) is 0 Å². The predicted molar refractivity (Wildman–Crippen MR) is 60.9 cm³/mol. The summed E-state index contributed by atoms with van der Waals surface area (Å²) >= 11 is 0.870. The van der Waals surface area contributed by atoms with Gasteiger partial charge in [-0.05, 0) is 23.4 Å². The number of benzene rings is 1. The lowest BCUT2D eigenvalue weighted by atomic mass is 10.1. The van der Waals surface area contributed by atoms with Crippen molar-refractivity contribution >= 4 is 35.3 Å². The zero-order chi connectivity index (χ0) is 11.5. The van der Waals surface area contributed by atoms with E-state index in [1.807, 2.05) is 0 Å². The monoisotopic (exact) mass is 233 g/mol. The zero-order valence-corrected chi connectivity index (χ0v) is 8.91. The van der Waals surface area contributed by atoms with Crippen LogP contribution in [0.15, 0.2) is 29.2 Å². The number of nitrogens with one attached hydrogen (secondary N) is 1. The van der Waals surface area contributed by atoms with E-state index in [-0.39, 0.29) is 11.1 Å². The zero-order valence-electron chi connectivity index (χ0n) is 8.10. The molecule has 0 saturated carbocycles. The first-order valence-corrected chi connectivity index (χ1v) is 5.31. The maximum Gasteiger partial charge on any atom is 0.290 e. The first-order chi connectivity index (χ1) is 7.69. The summed E-state index contributed by atoms with van der Waals surface area (Å²) < 4.78 is 0. The highest BCUT2D eigenvalue weighted by Gasteiger charge is 2.24. The smallest absolute Gasteiger partial charge is 0.290 e. The van der Waals surface area contributed by atoms with E-state index in [0.29, 0.717) is 10.5 Å². The van der Waals surface area contributed by atoms with Crippen LogP contribution in [0.3, 0.4) is 0 Å². The molecule has 4 nitrogen and oxygen atoms in total. The summed E-state index contributed by atoms with van der Waals surface area (Å²) in [6.07, 6.45) is 2.36. The van der Waals surface area contributed by atoms with Crippen LogP contribution < -0.4 is 5.32 Å². The third-order valence-electron chi connectivity index (χ3n) is 2.01. The van der Waals surface area contributed by atoms with Crippen molar-refractivity contribution in [3.63, 3.8) is 0 Å². The fraction of sp³-hybridized carbons (Fsp3) is 0. The normalized spacial score (nSPS) is 17.6. The molecule has 1 saturated heterocycles. The Balaban J connectivity index is 2.25. The van der Waals surface area contributed by atoms with Crippen molar-refractivity contribution in [2.45, 2.75) is 0 Å². The summed E-state index contributed by atoms with van der Waals surface area (Å²) in [6.45, 7) is 0. The highest BCUT2D eigenvalue weighted by molar-refractivity contribution is 8.18. The second kappa shape index (κ2) is 4.32. The number of hydrogen-bond acceptors (Lipinski definition) is 4. The van der Waals surface area contributed by atoms with Gasteiger partial charge in [-0.1, -0.05) is 24.3 Å². The lowest BCUT2D eigenvalue weighted by Crippen LogP contribution is -2.17. The average Bonchev–Trinajstić information content (AvgIpc) is 2.59. The molecule has 0 atom stereocenters. The first-order valence-electron chi connectivity index (χ1n) is 4.49. The molecule has 0 unspecified atom stereocenters. The second-order valence-electron chi connectivity index (χ2n) is 3.14. The van der Waals surface area contributed by atoms with Gasteiger partial charge in [-0.2, -0.15) is 0 Å². The quantitative estimate of drug-likeness (QED) is 0.625. The number of thioether (sulfide) groups is 1. The van der Waals surface area contributed by atoms with Gasteiger partial charge in [-0.25, -0.2) is 0 Å². The molecule has 16 heavy (non-hydrogen) atoms. The molecule has 2 amide bonds. The molecule has 1 N–H and O–H groups in total. The number of aldehydes is 1. The number of carbonyl (C=O) groups is 3. The van der Waals surface area contributed by atoms with Gasteiger partial charge in [-0.3, -0.25) is 19.7 Å². The summed E-state index contributed by atoms with van der Waals surface area (Å²) in [7, 11) is 0. The van der Waals surface area contributed by atoms with Gasteiger partial charge < -0.3 is 0 Å². The molecular formula is C11H7NO3S. The number of amides is 2. The van der Waals surface area contributed by atoms with E-state index in [1.165, 1.54) is 0 Å². The van der Waals surface area contributed by atoms with E-state index in [1.54, 1.807) is 30.3 Å². The van der Waals surface area contributed by atoms with Crippen LogP contribution >= 0.6 is 11.8 Å². The molecule has 5 heteroatoms. The predicted octanol–water partition coefficient (Wildman–Crippen LogP) is 1.82. The van der Waals surface area contributed by atoms with Crippen LogP contribution in [0.1, 0.15) is 15.9 Å². The Kier molecular flexibility index (Phi) is 2.87. The molecule has 0 aliphatic carbocycles. The molecule has 0 spiro atoms. The first kappa shape index (κ1) is 10.6. The van der Waals surface area contributed by atoms with Crippen LogP contribution in [0.5, 0.6) is 0 Å². The van der Waals surface area contributed by atoms with E-state index < -0.39 is 0 Å². The lowest BCUT2D eigenvalue weighted by molar-refractivity contribution is -0.115. The Morgan fingerprint density at radius 1 is 1.06 bits per heavy atom. The summed E-state index contributed by atoms with van der Waals surface area (Å²) in [5, 5.41) is 1.81. The average molecular weight is 233 g/mol. The molecule has 80 valence electrons. The lowest BCUT2D eigenvalue weighted by Gasteiger charge is -1.95. The van der Waals surface area contributed by atoms with Gasteiger partial charge in [-0.15, -0.1) is 0 Å². The molecule has 1 aromatic carbocycles. The molecular weight excluding hydrogens is 226 g/mol. The summed E-state index contributed by atoms with van der Waals surface area (Å²) in [5.74, 6) is -0.380. The van der Waals surface area contributed by atoms with Crippen molar-refractivity contribution in [2.24, 2.45) is 0 Å². The Morgan fingerprint density at radius 2 is 1.69 bits per heavy atom. The van der Waals surface area contributed by atoms with Crippen LogP contribution in [0, 0.1) is 0 Å². The summed E-state index contributed by atoms with van der Waals surface area (Å²) in [4.78, 5) is 32.9. The fourth-order valence-corrected chi connectivity index (χ4v) is 1.93. The topological polar surface area (TPSA) is 63.2 Å². The Labute approximate surface area is 95.7 Å². The summed E-state index contributed by atoms with van der Waals surface area (Å²) in [6, 6.07) is 6.73. The number of imide groups is 1. The van der Waals surface area contributed by atoms with E-state index in [4.69, 9.17) is 0 Å². The highest BCUT2D eigenvalue weighted by Crippen LogP contribution is 2.25. The molecule has 0 bridgehead atoms. The Hall–Kier alpha value is -1.88. The SMILES string of the molecule is O=Cc1ccc(C=C2SC(=O)NC2=O)cc1. The van der Waals surface area contributed by atoms with Gasteiger partial charge in [0.15, 0.2) is 0 Å². The minimum absolute atomic E-state index is 0.360. The van der Waals surface area contributed by atoms with Crippen molar-refractivity contribution in [3.05, 3.63) is 40.3 Å². The van der Waals surface area contributed by atoms with Gasteiger partial charge in [0.25, 0.3) is 11.1 Å². The van der Waals surface area contributed by atoms with E-state index in [0.717, 1.165) is 23.6 Å².